The first-order valence-electron chi connectivity index (χ1n) is 5.62. The van der Waals surface area contributed by atoms with Gasteiger partial charge in [-0.25, -0.2) is 0 Å². The first-order chi connectivity index (χ1) is 7.31. The van der Waals surface area contributed by atoms with Crippen molar-refractivity contribution in [3.05, 3.63) is 15.5 Å². The molecule has 1 aliphatic rings. The molecule has 0 saturated heterocycles. The summed E-state index contributed by atoms with van der Waals surface area (Å²) < 4.78 is 8.77. The van der Waals surface area contributed by atoms with Crippen molar-refractivity contribution in [2.75, 3.05) is 6.61 Å². The van der Waals surface area contributed by atoms with Crippen LogP contribution >= 0.6 is 22.6 Å². The van der Waals surface area contributed by atoms with Gasteiger partial charge >= 0.3 is 0 Å². The lowest BCUT2D eigenvalue weighted by Gasteiger charge is -2.08. The maximum atomic E-state index is 5.40. The molecule has 1 aromatic heterocycles. The third kappa shape index (κ3) is 2.72. The lowest BCUT2D eigenvalue weighted by Crippen LogP contribution is -2.06. The van der Waals surface area contributed by atoms with Crippen molar-refractivity contribution in [2.45, 2.75) is 45.3 Å². The Kier molecular flexibility index (Phi) is 4.02. The monoisotopic (exact) mass is 320 g/mol. The number of halogens is 1. The fourth-order valence-corrected chi connectivity index (χ4v) is 2.61. The highest BCUT2D eigenvalue weighted by atomic mass is 127. The van der Waals surface area contributed by atoms with Crippen LogP contribution in [0.3, 0.4) is 0 Å². The SMILES string of the molecule is CCOCc1nn(C2CCCC2)cc1I. The lowest BCUT2D eigenvalue weighted by molar-refractivity contribution is 0.130. The second-order valence-electron chi connectivity index (χ2n) is 3.98. The van der Waals surface area contributed by atoms with Crippen LogP contribution in [0.4, 0.5) is 0 Å². The van der Waals surface area contributed by atoms with Gasteiger partial charge in [-0.1, -0.05) is 12.8 Å². The molecule has 1 aromatic rings. The Bertz CT molecular complexity index is 318. The Morgan fingerprint density at radius 1 is 1.53 bits per heavy atom. The number of hydrogen-bond acceptors (Lipinski definition) is 2. The van der Waals surface area contributed by atoms with Gasteiger partial charge in [0.25, 0.3) is 0 Å². The number of ether oxygens (including phenoxy) is 1. The maximum absolute atomic E-state index is 5.40. The molecule has 84 valence electrons. The molecular weight excluding hydrogens is 303 g/mol. The second-order valence-corrected chi connectivity index (χ2v) is 5.14. The smallest absolute Gasteiger partial charge is 0.101 e. The second kappa shape index (κ2) is 5.30. The summed E-state index contributed by atoms with van der Waals surface area (Å²) in [6.45, 7) is 3.42. The summed E-state index contributed by atoms with van der Waals surface area (Å²) >= 11 is 2.34. The summed E-state index contributed by atoms with van der Waals surface area (Å²) in [6.07, 6.45) is 7.42. The Hall–Kier alpha value is -0.100. The first-order valence-corrected chi connectivity index (χ1v) is 6.70. The number of aromatic nitrogens is 2. The van der Waals surface area contributed by atoms with E-state index in [1.807, 2.05) is 6.92 Å². The number of nitrogens with zero attached hydrogens (tertiary/aromatic N) is 2. The van der Waals surface area contributed by atoms with Gasteiger partial charge in [-0.15, -0.1) is 0 Å². The first kappa shape index (κ1) is 11.4. The fraction of sp³-hybridized carbons (Fsp3) is 0.727. The van der Waals surface area contributed by atoms with Crippen LogP contribution in [0.25, 0.3) is 0 Å². The number of rotatable bonds is 4. The van der Waals surface area contributed by atoms with Crippen molar-refractivity contribution >= 4 is 22.6 Å². The zero-order valence-electron chi connectivity index (χ0n) is 9.08. The van der Waals surface area contributed by atoms with Gasteiger partial charge in [-0.05, 0) is 42.4 Å². The normalized spacial score (nSPS) is 17.5. The van der Waals surface area contributed by atoms with E-state index in [1.165, 1.54) is 29.3 Å². The highest BCUT2D eigenvalue weighted by Crippen LogP contribution is 2.29. The molecule has 1 fully saturated rings. The molecule has 0 aromatic carbocycles. The third-order valence-electron chi connectivity index (χ3n) is 2.90. The van der Waals surface area contributed by atoms with Crippen molar-refractivity contribution in [3.8, 4) is 0 Å². The molecule has 0 N–H and O–H groups in total. The van der Waals surface area contributed by atoms with Crippen LogP contribution in [0.5, 0.6) is 0 Å². The third-order valence-corrected chi connectivity index (χ3v) is 3.80. The lowest BCUT2D eigenvalue weighted by atomic mass is 10.3. The van der Waals surface area contributed by atoms with Crippen LogP contribution in [0.2, 0.25) is 0 Å². The molecular formula is C11H17IN2O. The minimum atomic E-state index is 0.633. The van der Waals surface area contributed by atoms with E-state index in [0.29, 0.717) is 12.6 Å². The van der Waals surface area contributed by atoms with Gasteiger partial charge in [-0.3, -0.25) is 4.68 Å². The Morgan fingerprint density at radius 2 is 2.27 bits per heavy atom. The van der Waals surface area contributed by atoms with Gasteiger partial charge in [-0.2, -0.15) is 5.10 Å². The van der Waals surface area contributed by atoms with Crippen LogP contribution < -0.4 is 0 Å². The molecule has 15 heavy (non-hydrogen) atoms. The van der Waals surface area contributed by atoms with Crippen molar-refractivity contribution in [1.29, 1.82) is 0 Å². The van der Waals surface area contributed by atoms with E-state index in [4.69, 9.17) is 4.74 Å². The summed E-state index contributed by atoms with van der Waals surface area (Å²) in [5.74, 6) is 0. The van der Waals surface area contributed by atoms with E-state index < -0.39 is 0 Å². The molecule has 0 aliphatic heterocycles. The highest BCUT2D eigenvalue weighted by molar-refractivity contribution is 14.1. The molecule has 1 saturated carbocycles. The van der Waals surface area contributed by atoms with Gasteiger partial charge in [0.15, 0.2) is 0 Å². The van der Waals surface area contributed by atoms with E-state index >= 15 is 0 Å². The van der Waals surface area contributed by atoms with E-state index in [-0.39, 0.29) is 0 Å². The topological polar surface area (TPSA) is 27.1 Å². The molecule has 0 unspecified atom stereocenters. The van der Waals surface area contributed by atoms with Crippen molar-refractivity contribution in [1.82, 2.24) is 9.78 Å². The molecule has 4 heteroatoms. The molecule has 0 atom stereocenters. The minimum absolute atomic E-state index is 0.633. The predicted octanol–water partition coefficient (Wildman–Crippen LogP) is 3.14. The predicted molar refractivity (Wildman–Crippen MR) is 67.8 cm³/mol. The van der Waals surface area contributed by atoms with Gasteiger partial charge < -0.3 is 4.74 Å². The van der Waals surface area contributed by atoms with Crippen LogP contribution in [-0.2, 0) is 11.3 Å². The summed E-state index contributed by atoms with van der Waals surface area (Å²) in [4.78, 5) is 0. The van der Waals surface area contributed by atoms with E-state index in [9.17, 15) is 0 Å². The molecule has 0 radical (unpaired) electrons. The van der Waals surface area contributed by atoms with Crippen molar-refractivity contribution < 1.29 is 4.74 Å². The van der Waals surface area contributed by atoms with E-state index in [0.717, 1.165) is 12.3 Å². The van der Waals surface area contributed by atoms with Crippen molar-refractivity contribution in [3.63, 3.8) is 0 Å². The molecule has 2 rings (SSSR count). The summed E-state index contributed by atoms with van der Waals surface area (Å²) in [5.41, 5.74) is 1.09. The zero-order valence-corrected chi connectivity index (χ0v) is 11.2. The average Bonchev–Trinajstić information content (AvgIpc) is 2.83. The van der Waals surface area contributed by atoms with Gasteiger partial charge in [0.2, 0.25) is 0 Å². The van der Waals surface area contributed by atoms with Crippen LogP contribution in [0.1, 0.15) is 44.3 Å². The average molecular weight is 320 g/mol. The van der Waals surface area contributed by atoms with Crippen molar-refractivity contribution in [2.24, 2.45) is 0 Å². The van der Waals surface area contributed by atoms with E-state index in [1.54, 1.807) is 0 Å². The summed E-state index contributed by atoms with van der Waals surface area (Å²) in [5, 5.41) is 4.61. The molecule has 1 heterocycles. The Labute approximate surface area is 104 Å². The Morgan fingerprint density at radius 3 is 2.93 bits per heavy atom. The van der Waals surface area contributed by atoms with Gasteiger partial charge in [0.05, 0.1) is 16.2 Å². The number of hydrogen-bond donors (Lipinski definition) is 0. The quantitative estimate of drug-likeness (QED) is 0.797. The molecule has 1 aliphatic carbocycles. The zero-order chi connectivity index (χ0) is 10.7. The highest BCUT2D eigenvalue weighted by Gasteiger charge is 2.19. The summed E-state index contributed by atoms with van der Waals surface area (Å²) in [7, 11) is 0. The summed E-state index contributed by atoms with van der Waals surface area (Å²) in [6, 6.07) is 0.633. The standard InChI is InChI=1S/C11H17IN2O/c1-2-15-8-11-10(12)7-14(13-11)9-5-3-4-6-9/h7,9H,2-6,8H2,1H3. The minimum Gasteiger partial charge on any atom is -0.375 e. The fourth-order valence-electron chi connectivity index (χ4n) is 2.06. The van der Waals surface area contributed by atoms with Gasteiger partial charge in [0, 0.05) is 12.8 Å². The maximum Gasteiger partial charge on any atom is 0.101 e. The van der Waals surface area contributed by atoms with Crippen LogP contribution in [-0.4, -0.2) is 16.4 Å². The van der Waals surface area contributed by atoms with Crippen LogP contribution in [0, 0.1) is 3.57 Å². The molecule has 0 spiro atoms. The Balaban J connectivity index is 2.06. The largest absolute Gasteiger partial charge is 0.375 e. The molecule has 0 bridgehead atoms. The van der Waals surface area contributed by atoms with Gasteiger partial charge in [0.1, 0.15) is 5.69 Å². The van der Waals surface area contributed by atoms with Crippen LogP contribution in [0.15, 0.2) is 6.20 Å². The molecule has 0 amide bonds. The van der Waals surface area contributed by atoms with E-state index in [2.05, 4.69) is 38.6 Å². The molecule has 3 nitrogen and oxygen atoms in total.